The van der Waals surface area contributed by atoms with E-state index in [9.17, 15) is 4.79 Å². The van der Waals surface area contributed by atoms with Gasteiger partial charge in [-0.3, -0.25) is 10.1 Å². The van der Waals surface area contributed by atoms with Gasteiger partial charge >= 0.3 is 0 Å². The summed E-state index contributed by atoms with van der Waals surface area (Å²) in [5, 5.41) is 6.52. The lowest BCUT2D eigenvalue weighted by molar-refractivity contribution is 0.0973. The minimum absolute atomic E-state index is 0.146. The molecule has 2 N–H and O–H groups in total. The Bertz CT molecular complexity index is 818. The van der Waals surface area contributed by atoms with E-state index in [4.69, 9.17) is 40.2 Å². The molecule has 0 saturated heterocycles. The molecule has 26 heavy (non-hydrogen) atoms. The number of amides is 1. The van der Waals surface area contributed by atoms with E-state index in [1.165, 1.54) is 0 Å². The molecule has 0 aliphatic rings. The SMILES string of the molecule is CCCCOc1ccc(Br)cc1C(=O)NC(=S)Nc1ccc(Cl)c(Cl)c1. The first-order chi connectivity index (χ1) is 12.4. The minimum Gasteiger partial charge on any atom is -0.493 e. The monoisotopic (exact) mass is 474 g/mol. The Morgan fingerprint density at radius 1 is 1.19 bits per heavy atom. The largest absolute Gasteiger partial charge is 0.493 e. The Morgan fingerprint density at radius 2 is 1.96 bits per heavy atom. The molecule has 138 valence electrons. The highest BCUT2D eigenvalue weighted by Gasteiger charge is 2.15. The number of carbonyl (C=O) groups excluding carboxylic acids is 1. The van der Waals surface area contributed by atoms with Crippen molar-refractivity contribution in [2.75, 3.05) is 11.9 Å². The van der Waals surface area contributed by atoms with E-state index in [1.54, 1.807) is 30.3 Å². The molecule has 0 aliphatic carbocycles. The Morgan fingerprint density at radius 3 is 2.65 bits per heavy atom. The summed E-state index contributed by atoms with van der Waals surface area (Å²) in [7, 11) is 0. The summed E-state index contributed by atoms with van der Waals surface area (Å²) < 4.78 is 6.48. The van der Waals surface area contributed by atoms with Crippen LogP contribution in [0.3, 0.4) is 0 Å². The van der Waals surface area contributed by atoms with Gasteiger partial charge in [0.2, 0.25) is 0 Å². The summed E-state index contributed by atoms with van der Waals surface area (Å²) in [6.07, 6.45) is 1.92. The Balaban J connectivity index is 2.07. The van der Waals surface area contributed by atoms with Crippen LogP contribution in [0.25, 0.3) is 0 Å². The molecule has 0 fully saturated rings. The molecule has 0 aliphatic heterocycles. The molecule has 2 aromatic carbocycles. The van der Waals surface area contributed by atoms with Crippen molar-refractivity contribution in [3.05, 3.63) is 56.5 Å². The molecule has 2 rings (SSSR count). The smallest absolute Gasteiger partial charge is 0.261 e. The number of benzene rings is 2. The van der Waals surface area contributed by atoms with Crippen molar-refractivity contribution in [3.8, 4) is 5.75 Å². The number of anilines is 1. The van der Waals surface area contributed by atoms with Crippen molar-refractivity contribution < 1.29 is 9.53 Å². The number of carbonyl (C=O) groups is 1. The van der Waals surface area contributed by atoms with Crippen LogP contribution >= 0.6 is 51.3 Å². The normalized spacial score (nSPS) is 10.3. The van der Waals surface area contributed by atoms with E-state index >= 15 is 0 Å². The van der Waals surface area contributed by atoms with E-state index in [-0.39, 0.29) is 11.0 Å². The molecule has 2 aromatic rings. The second kappa shape index (κ2) is 10.1. The van der Waals surface area contributed by atoms with Crippen molar-refractivity contribution in [2.45, 2.75) is 19.8 Å². The third kappa shape index (κ3) is 6.13. The summed E-state index contributed by atoms with van der Waals surface area (Å²) in [5.41, 5.74) is 1.02. The van der Waals surface area contributed by atoms with Gasteiger partial charge < -0.3 is 10.1 Å². The third-order valence-corrected chi connectivity index (χ3v) is 4.78. The molecule has 0 unspecified atom stereocenters. The van der Waals surface area contributed by atoms with Gasteiger partial charge in [0.25, 0.3) is 5.91 Å². The average Bonchev–Trinajstić information content (AvgIpc) is 2.59. The lowest BCUT2D eigenvalue weighted by atomic mass is 10.2. The number of hydrogen-bond donors (Lipinski definition) is 2. The summed E-state index contributed by atoms with van der Waals surface area (Å²) in [5.74, 6) is 0.145. The zero-order valence-corrected chi connectivity index (χ0v) is 17.9. The molecule has 0 aromatic heterocycles. The fourth-order valence-corrected chi connectivity index (χ4v) is 2.91. The minimum atomic E-state index is -0.365. The van der Waals surface area contributed by atoms with E-state index in [2.05, 4.69) is 33.5 Å². The zero-order valence-electron chi connectivity index (χ0n) is 13.9. The van der Waals surface area contributed by atoms with Crippen LogP contribution in [0.5, 0.6) is 5.75 Å². The molecule has 0 bridgehead atoms. The van der Waals surface area contributed by atoms with Crippen molar-refractivity contribution in [3.63, 3.8) is 0 Å². The van der Waals surface area contributed by atoms with Gasteiger partial charge in [-0.2, -0.15) is 0 Å². The number of thiocarbonyl (C=S) groups is 1. The van der Waals surface area contributed by atoms with Crippen molar-refractivity contribution in [2.24, 2.45) is 0 Å². The number of rotatable bonds is 6. The summed E-state index contributed by atoms with van der Waals surface area (Å²) in [6.45, 7) is 2.62. The van der Waals surface area contributed by atoms with E-state index < -0.39 is 0 Å². The Kier molecular flexibility index (Phi) is 8.15. The number of halogens is 3. The Labute approximate surface area is 176 Å². The number of hydrogen-bond acceptors (Lipinski definition) is 3. The fourth-order valence-electron chi connectivity index (χ4n) is 2.04. The quantitative estimate of drug-likeness (QED) is 0.393. The molecular weight excluding hydrogens is 459 g/mol. The molecular formula is C18H17BrCl2N2O2S. The van der Waals surface area contributed by atoms with Crippen LogP contribution in [-0.4, -0.2) is 17.6 Å². The highest BCUT2D eigenvalue weighted by atomic mass is 79.9. The second-order valence-electron chi connectivity index (χ2n) is 5.38. The maximum Gasteiger partial charge on any atom is 0.261 e. The maximum absolute atomic E-state index is 12.6. The van der Waals surface area contributed by atoms with Crippen LogP contribution in [0.15, 0.2) is 40.9 Å². The predicted molar refractivity (Wildman–Crippen MR) is 115 cm³/mol. The van der Waals surface area contributed by atoms with Crippen LogP contribution in [0, 0.1) is 0 Å². The van der Waals surface area contributed by atoms with Crippen LogP contribution in [0.4, 0.5) is 5.69 Å². The van der Waals surface area contributed by atoms with Gasteiger partial charge in [-0.15, -0.1) is 0 Å². The molecule has 0 radical (unpaired) electrons. The highest BCUT2D eigenvalue weighted by Crippen LogP contribution is 2.25. The zero-order chi connectivity index (χ0) is 19.1. The highest BCUT2D eigenvalue weighted by molar-refractivity contribution is 9.10. The van der Waals surface area contributed by atoms with Crippen LogP contribution in [0.1, 0.15) is 30.1 Å². The van der Waals surface area contributed by atoms with E-state index in [0.29, 0.717) is 33.7 Å². The summed E-state index contributed by atoms with van der Waals surface area (Å²) >= 11 is 20.4. The molecule has 0 heterocycles. The molecule has 8 heteroatoms. The Hall–Kier alpha value is -1.34. The van der Waals surface area contributed by atoms with Gasteiger partial charge in [0.05, 0.1) is 22.2 Å². The van der Waals surface area contributed by atoms with Gasteiger partial charge in [-0.1, -0.05) is 52.5 Å². The third-order valence-electron chi connectivity index (χ3n) is 3.35. The lowest BCUT2D eigenvalue weighted by Gasteiger charge is -2.13. The number of unbranched alkanes of at least 4 members (excludes halogenated alkanes) is 1. The predicted octanol–water partition coefficient (Wildman–Crippen LogP) is 6.06. The van der Waals surface area contributed by atoms with E-state index in [0.717, 1.165) is 17.3 Å². The molecule has 0 saturated carbocycles. The maximum atomic E-state index is 12.6. The van der Waals surface area contributed by atoms with Gasteiger partial charge in [0.15, 0.2) is 5.11 Å². The van der Waals surface area contributed by atoms with Gasteiger partial charge in [0, 0.05) is 10.2 Å². The molecule has 0 atom stereocenters. The average molecular weight is 476 g/mol. The van der Waals surface area contributed by atoms with Gasteiger partial charge in [-0.05, 0) is 55.0 Å². The van der Waals surface area contributed by atoms with Crippen molar-refractivity contribution >= 4 is 68.1 Å². The van der Waals surface area contributed by atoms with Crippen molar-refractivity contribution in [1.82, 2.24) is 5.32 Å². The fraction of sp³-hybridized carbons (Fsp3) is 0.222. The lowest BCUT2D eigenvalue weighted by Crippen LogP contribution is -2.34. The standard InChI is InChI=1S/C18H17BrCl2N2O2S/c1-2-3-8-25-16-7-4-11(19)9-13(16)17(24)23-18(26)22-12-5-6-14(20)15(21)10-12/h4-7,9-10H,2-3,8H2,1H3,(H2,22,23,24,26). The second-order valence-corrected chi connectivity index (χ2v) is 7.52. The molecule has 1 amide bonds. The van der Waals surface area contributed by atoms with E-state index in [1.807, 2.05) is 6.07 Å². The summed E-state index contributed by atoms with van der Waals surface area (Å²) in [6, 6.07) is 10.3. The van der Waals surface area contributed by atoms with Crippen LogP contribution in [-0.2, 0) is 0 Å². The number of nitrogens with one attached hydrogen (secondary N) is 2. The van der Waals surface area contributed by atoms with Gasteiger partial charge in [0.1, 0.15) is 5.75 Å². The molecule has 0 spiro atoms. The first-order valence-electron chi connectivity index (χ1n) is 7.90. The number of ether oxygens (including phenoxy) is 1. The van der Waals surface area contributed by atoms with Gasteiger partial charge in [-0.25, -0.2) is 0 Å². The summed E-state index contributed by atoms with van der Waals surface area (Å²) in [4.78, 5) is 12.6. The molecule has 4 nitrogen and oxygen atoms in total. The van der Waals surface area contributed by atoms with Crippen LogP contribution in [0.2, 0.25) is 10.0 Å². The first-order valence-corrected chi connectivity index (χ1v) is 9.86. The topological polar surface area (TPSA) is 50.4 Å². The van der Waals surface area contributed by atoms with Crippen LogP contribution < -0.4 is 15.4 Å². The van der Waals surface area contributed by atoms with Crippen molar-refractivity contribution in [1.29, 1.82) is 0 Å². The first kappa shape index (κ1) is 21.0.